The number of aromatic amines is 1. The molecule has 0 spiro atoms. The van der Waals surface area contributed by atoms with Crippen LogP contribution in [0.1, 0.15) is 25.0 Å². The smallest absolute Gasteiger partial charge is 0.354 e. The van der Waals surface area contributed by atoms with E-state index in [1.54, 1.807) is 0 Å². The maximum absolute atomic E-state index is 12.5. The Kier molecular flexibility index (Phi) is 4.64. The normalized spacial score (nSPS) is 17.1. The lowest BCUT2D eigenvalue weighted by molar-refractivity contribution is -0.141. The summed E-state index contributed by atoms with van der Waals surface area (Å²) in [7, 11) is 0. The van der Waals surface area contributed by atoms with Crippen LogP contribution in [0.5, 0.6) is 0 Å². The molecule has 2 N–H and O–H groups in total. The van der Waals surface area contributed by atoms with Gasteiger partial charge in [-0.15, -0.1) is 0 Å². The topological polar surface area (TPSA) is 61.0 Å². The number of likely N-dealkylation sites (tertiary alicyclic amines) is 1. The first-order chi connectivity index (χ1) is 9.45. The largest absolute Gasteiger partial charge is 0.433 e. The first kappa shape index (κ1) is 14.8. The second kappa shape index (κ2) is 6.25. The molecule has 0 bridgehead atoms. The van der Waals surface area contributed by atoms with Crippen molar-refractivity contribution in [3.05, 3.63) is 22.1 Å². The van der Waals surface area contributed by atoms with Crippen molar-refractivity contribution in [2.24, 2.45) is 0 Å². The Bertz CT molecular complexity index is 494. The predicted octanol–water partition coefficient (Wildman–Crippen LogP) is 1.69. The summed E-state index contributed by atoms with van der Waals surface area (Å²) in [6.07, 6.45) is -1.08. The summed E-state index contributed by atoms with van der Waals surface area (Å²) in [6.45, 7) is 3.19. The summed E-state index contributed by atoms with van der Waals surface area (Å²) in [5.41, 5.74) is -1.99. The highest BCUT2D eigenvalue weighted by atomic mass is 19.4. The zero-order valence-corrected chi connectivity index (χ0v) is 11.0. The Morgan fingerprint density at radius 3 is 2.65 bits per heavy atom. The van der Waals surface area contributed by atoms with Gasteiger partial charge >= 0.3 is 6.18 Å². The second-order valence-electron chi connectivity index (χ2n) is 4.81. The maximum Gasteiger partial charge on any atom is 0.433 e. The zero-order chi connectivity index (χ0) is 14.6. The molecule has 1 aromatic rings. The van der Waals surface area contributed by atoms with Crippen molar-refractivity contribution in [1.82, 2.24) is 14.9 Å². The molecule has 2 heterocycles. The second-order valence-corrected chi connectivity index (χ2v) is 4.81. The summed E-state index contributed by atoms with van der Waals surface area (Å²) >= 11 is 0. The Morgan fingerprint density at radius 2 is 2.00 bits per heavy atom. The number of hydrogen-bond acceptors (Lipinski definition) is 4. The Labute approximate surface area is 114 Å². The zero-order valence-electron chi connectivity index (χ0n) is 11.0. The highest BCUT2D eigenvalue weighted by molar-refractivity contribution is 5.26. The van der Waals surface area contributed by atoms with Crippen molar-refractivity contribution >= 4 is 5.95 Å². The van der Waals surface area contributed by atoms with E-state index in [1.165, 1.54) is 6.42 Å². The number of nitrogens with zero attached hydrogens (tertiary/aromatic N) is 2. The van der Waals surface area contributed by atoms with Gasteiger partial charge in [0, 0.05) is 19.2 Å². The molecule has 5 nitrogen and oxygen atoms in total. The fraction of sp³-hybridized carbons (Fsp3) is 0.667. The standard InChI is InChI=1S/C12H17F3N4O/c13-12(14,15)9-8-10(20)18-11(17-9)16-4-7-19-5-2-1-3-6-19/h8H,1-7H2,(H2,16,17,18,20). The predicted molar refractivity (Wildman–Crippen MR) is 68.6 cm³/mol. The van der Waals surface area contributed by atoms with Crippen molar-refractivity contribution in [2.75, 3.05) is 31.5 Å². The molecule has 1 fully saturated rings. The molecule has 2 rings (SSSR count). The van der Waals surface area contributed by atoms with Gasteiger partial charge in [-0.25, -0.2) is 4.98 Å². The highest BCUT2D eigenvalue weighted by Gasteiger charge is 2.33. The van der Waals surface area contributed by atoms with Gasteiger partial charge in [0.2, 0.25) is 5.95 Å². The van der Waals surface area contributed by atoms with E-state index in [0.29, 0.717) is 12.6 Å². The van der Waals surface area contributed by atoms with E-state index >= 15 is 0 Å². The van der Waals surface area contributed by atoms with E-state index in [-0.39, 0.29) is 5.95 Å². The number of halogens is 3. The molecule has 1 saturated heterocycles. The van der Waals surface area contributed by atoms with E-state index in [2.05, 4.69) is 20.2 Å². The first-order valence-electron chi connectivity index (χ1n) is 6.60. The van der Waals surface area contributed by atoms with Crippen LogP contribution in [0.3, 0.4) is 0 Å². The van der Waals surface area contributed by atoms with Crippen LogP contribution >= 0.6 is 0 Å². The minimum atomic E-state index is -4.61. The average Bonchev–Trinajstić information content (AvgIpc) is 2.38. The molecule has 1 aliphatic rings. The third-order valence-electron chi connectivity index (χ3n) is 3.20. The molecule has 0 amide bonds. The van der Waals surface area contributed by atoms with E-state index < -0.39 is 17.4 Å². The third kappa shape index (κ3) is 4.22. The molecule has 8 heteroatoms. The minimum Gasteiger partial charge on any atom is -0.354 e. The third-order valence-corrected chi connectivity index (χ3v) is 3.20. The molecular formula is C12H17F3N4O. The van der Waals surface area contributed by atoms with Gasteiger partial charge in [-0.1, -0.05) is 6.42 Å². The van der Waals surface area contributed by atoms with E-state index in [4.69, 9.17) is 0 Å². The molecule has 0 aliphatic carbocycles. The molecule has 1 aromatic heterocycles. The summed E-state index contributed by atoms with van der Waals surface area (Å²) in [6, 6.07) is 0.454. The summed E-state index contributed by atoms with van der Waals surface area (Å²) in [5.74, 6) is -0.137. The quantitative estimate of drug-likeness (QED) is 0.886. The molecule has 20 heavy (non-hydrogen) atoms. The van der Waals surface area contributed by atoms with E-state index in [1.807, 2.05) is 0 Å². The van der Waals surface area contributed by atoms with Gasteiger partial charge in [0.25, 0.3) is 5.56 Å². The number of nitrogens with one attached hydrogen (secondary N) is 2. The van der Waals surface area contributed by atoms with Crippen molar-refractivity contribution in [3.63, 3.8) is 0 Å². The molecule has 0 radical (unpaired) electrons. The fourth-order valence-electron chi connectivity index (χ4n) is 2.20. The molecule has 0 aromatic carbocycles. The Hall–Kier alpha value is -1.57. The SMILES string of the molecule is O=c1cc(C(F)(F)F)nc(NCCN2CCCCC2)[nH]1. The maximum atomic E-state index is 12.5. The van der Waals surface area contributed by atoms with Crippen molar-refractivity contribution < 1.29 is 13.2 Å². The molecule has 1 aliphatic heterocycles. The lowest BCUT2D eigenvalue weighted by atomic mass is 10.1. The highest BCUT2D eigenvalue weighted by Crippen LogP contribution is 2.26. The van der Waals surface area contributed by atoms with Crippen LogP contribution < -0.4 is 10.9 Å². The van der Waals surface area contributed by atoms with Crippen LogP contribution in [0.4, 0.5) is 19.1 Å². The molecule has 0 atom stereocenters. The fourth-order valence-corrected chi connectivity index (χ4v) is 2.20. The number of piperidine rings is 1. The number of anilines is 1. The van der Waals surface area contributed by atoms with Crippen LogP contribution in [0, 0.1) is 0 Å². The molecule has 112 valence electrons. The number of hydrogen-bond donors (Lipinski definition) is 2. The van der Waals surface area contributed by atoms with Gasteiger partial charge < -0.3 is 10.2 Å². The average molecular weight is 290 g/mol. The number of H-pyrrole nitrogens is 1. The number of rotatable bonds is 4. The number of alkyl halides is 3. The van der Waals surface area contributed by atoms with Gasteiger partial charge in [-0.3, -0.25) is 9.78 Å². The molecule has 0 saturated carbocycles. The molecule has 0 unspecified atom stereocenters. The summed E-state index contributed by atoms with van der Waals surface area (Å²) < 4.78 is 37.5. The van der Waals surface area contributed by atoms with Crippen molar-refractivity contribution in [2.45, 2.75) is 25.4 Å². The van der Waals surface area contributed by atoms with Crippen molar-refractivity contribution in [1.29, 1.82) is 0 Å². The Balaban J connectivity index is 1.92. The van der Waals surface area contributed by atoms with Crippen LogP contribution in [-0.2, 0) is 6.18 Å². The lowest BCUT2D eigenvalue weighted by Gasteiger charge is -2.26. The first-order valence-corrected chi connectivity index (χ1v) is 6.60. The van der Waals surface area contributed by atoms with Gasteiger partial charge in [-0.2, -0.15) is 13.2 Å². The van der Waals surface area contributed by atoms with Gasteiger partial charge in [0.1, 0.15) is 0 Å². The van der Waals surface area contributed by atoms with Crippen LogP contribution in [0.15, 0.2) is 10.9 Å². The van der Waals surface area contributed by atoms with Gasteiger partial charge in [-0.05, 0) is 25.9 Å². The monoisotopic (exact) mass is 290 g/mol. The number of aromatic nitrogens is 2. The van der Waals surface area contributed by atoms with Gasteiger partial charge in [0.15, 0.2) is 5.69 Å². The van der Waals surface area contributed by atoms with Crippen LogP contribution in [0.25, 0.3) is 0 Å². The lowest BCUT2D eigenvalue weighted by Crippen LogP contribution is -2.34. The van der Waals surface area contributed by atoms with E-state index in [0.717, 1.165) is 32.5 Å². The van der Waals surface area contributed by atoms with E-state index in [9.17, 15) is 18.0 Å². The minimum absolute atomic E-state index is 0.137. The summed E-state index contributed by atoms with van der Waals surface area (Å²) in [4.78, 5) is 19.1. The van der Waals surface area contributed by atoms with Crippen molar-refractivity contribution in [3.8, 4) is 0 Å². The summed E-state index contributed by atoms with van der Waals surface area (Å²) in [5, 5.41) is 2.74. The van der Waals surface area contributed by atoms with Gasteiger partial charge in [0.05, 0.1) is 0 Å². The molecular weight excluding hydrogens is 273 g/mol. The Morgan fingerprint density at radius 1 is 1.30 bits per heavy atom. The van der Waals surface area contributed by atoms with Crippen LogP contribution in [0.2, 0.25) is 0 Å². The van der Waals surface area contributed by atoms with Crippen LogP contribution in [-0.4, -0.2) is 41.0 Å².